The Balaban J connectivity index is 1.98. The van der Waals surface area contributed by atoms with Crippen molar-refractivity contribution in [2.75, 3.05) is 20.6 Å². The van der Waals surface area contributed by atoms with Crippen molar-refractivity contribution in [2.24, 2.45) is 0 Å². The lowest BCUT2D eigenvalue weighted by Crippen LogP contribution is -2.21. The van der Waals surface area contributed by atoms with E-state index in [2.05, 4.69) is 10.4 Å². The molecule has 0 aliphatic heterocycles. The maximum atomic E-state index is 13.7. The van der Waals surface area contributed by atoms with Crippen LogP contribution in [0.3, 0.4) is 0 Å². The fourth-order valence-corrected chi connectivity index (χ4v) is 1.90. The minimum absolute atomic E-state index is 0.175. The highest BCUT2D eigenvalue weighted by atomic mass is 19.1. The molecule has 0 aliphatic carbocycles. The van der Waals surface area contributed by atoms with Crippen LogP contribution >= 0.6 is 0 Å². The van der Waals surface area contributed by atoms with Gasteiger partial charge in [-0.15, -0.1) is 0 Å². The van der Waals surface area contributed by atoms with Gasteiger partial charge >= 0.3 is 0 Å². The molecule has 0 bridgehead atoms. The Hall–Kier alpha value is -2.54. The molecule has 0 radical (unpaired) electrons. The molecule has 1 heterocycles. The zero-order chi connectivity index (χ0) is 16.8. The molecule has 1 amide bonds. The minimum atomic E-state index is -0.699. The van der Waals surface area contributed by atoms with Crippen LogP contribution in [0.5, 0.6) is 0 Å². The highest BCUT2D eigenvalue weighted by Gasteiger charge is 2.12. The molecule has 0 saturated heterocycles. The number of likely N-dealkylation sites (N-methyl/N-ethyl adjacent to an activating group) is 1. The number of rotatable bonds is 6. The number of hydrogen-bond donors (Lipinski definition) is 1. The fourth-order valence-electron chi connectivity index (χ4n) is 1.90. The summed E-state index contributed by atoms with van der Waals surface area (Å²) in [5.41, 5.74) is 0.262. The SMILES string of the molecule is CN(C)C/C=C/C(=O)NCc1ccn(-c2c(F)cccc2F)n1. The van der Waals surface area contributed by atoms with Crippen molar-refractivity contribution in [3.05, 3.63) is 59.9 Å². The lowest BCUT2D eigenvalue weighted by Gasteiger charge is -2.05. The number of carbonyl (C=O) groups is 1. The van der Waals surface area contributed by atoms with Crippen LogP contribution in [0.15, 0.2) is 42.6 Å². The van der Waals surface area contributed by atoms with Gasteiger partial charge in [0.2, 0.25) is 5.91 Å². The Morgan fingerprint density at radius 1 is 1.30 bits per heavy atom. The van der Waals surface area contributed by atoms with Crippen LogP contribution in [0.2, 0.25) is 0 Å². The van der Waals surface area contributed by atoms with Gasteiger partial charge in [-0.1, -0.05) is 12.1 Å². The maximum absolute atomic E-state index is 13.7. The molecule has 1 aromatic carbocycles. The van der Waals surface area contributed by atoms with E-state index in [1.165, 1.54) is 18.3 Å². The van der Waals surface area contributed by atoms with E-state index < -0.39 is 11.6 Å². The van der Waals surface area contributed by atoms with E-state index in [-0.39, 0.29) is 18.1 Å². The number of hydrogen-bond acceptors (Lipinski definition) is 3. The second kappa shape index (κ2) is 7.64. The van der Waals surface area contributed by atoms with E-state index >= 15 is 0 Å². The Morgan fingerprint density at radius 2 is 2.00 bits per heavy atom. The largest absolute Gasteiger partial charge is 0.347 e. The molecule has 2 rings (SSSR count). The van der Waals surface area contributed by atoms with E-state index in [1.807, 2.05) is 19.0 Å². The first-order valence-electron chi connectivity index (χ1n) is 7.05. The summed E-state index contributed by atoms with van der Waals surface area (Å²) in [6.45, 7) is 0.836. The van der Waals surface area contributed by atoms with Gasteiger partial charge in [0.15, 0.2) is 11.6 Å². The van der Waals surface area contributed by atoms with Crippen LogP contribution in [0, 0.1) is 11.6 Å². The summed E-state index contributed by atoms with van der Waals surface area (Å²) >= 11 is 0. The number of benzene rings is 1. The Bertz CT molecular complexity index is 690. The molecule has 1 N–H and O–H groups in total. The summed E-state index contributed by atoms with van der Waals surface area (Å²) in [5.74, 6) is -1.65. The average molecular weight is 320 g/mol. The van der Waals surface area contributed by atoms with E-state index in [0.29, 0.717) is 12.2 Å². The highest BCUT2D eigenvalue weighted by Crippen LogP contribution is 2.16. The lowest BCUT2D eigenvalue weighted by molar-refractivity contribution is -0.116. The van der Waals surface area contributed by atoms with Gasteiger partial charge in [-0.05, 0) is 32.3 Å². The van der Waals surface area contributed by atoms with Crippen molar-refractivity contribution in [3.63, 3.8) is 0 Å². The van der Waals surface area contributed by atoms with Crippen molar-refractivity contribution in [1.29, 1.82) is 0 Å². The number of halogens is 2. The number of nitrogens with zero attached hydrogens (tertiary/aromatic N) is 3. The smallest absolute Gasteiger partial charge is 0.244 e. The van der Waals surface area contributed by atoms with Crippen molar-refractivity contribution >= 4 is 5.91 Å². The van der Waals surface area contributed by atoms with Crippen LogP contribution in [0.4, 0.5) is 8.78 Å². The highest BCUT2D eigenvalue weighted by molar-refractivity contribution is 5.87. The van der Waals surface area contributed by atoms with E-state index in [0.717, 1.165) is 16.8 Å². The zero-order valence-electron chi connectivity index (χ0n) is 13.0. The standard InChI is InChI=1S/C16H18F2N4O/c1-21(2)9-4-7-15(23)19-11-12-8-10-22(20-12)16-13(17)5-3-6-14(16)18/h3-8,10H,9,11H2,1-2H3,(H,19,23)/b7-4+. The van der Waals surface area contributed by atoms with Crippen molar-refractivity contribution in [1.82, 2.24) is 20.0 Å². The minimum Gasteiger partial charge on any atom is -0.347 e. The quantitative estimate of drug-likeness (QED) is 0.827. The fraction of sp³-hybridized carbons (Fsp3) is 0.250. The second-order valence-electron chi connectivity index (χ2n) is 5.20. The van der Waals surface area contributed by atoms with Gasteiger partial charge in [0.1, 0.15) is 5.69 Å². The first kappa shape index (κ1) is 16.8. The topological polar surface area (TPSA) is 50.2 Å². The molecule has 0 saturated carbocycles. The molecule has 0 unspecified atom stereocenters. The molecule has 2 aromatic rings. The third kappa shape index (κ3) is 4.72. The van der Waals surface area contributed by atoms with Crippen LogP contribution < -0.4 is 5.32 Å². The number of amides is 1. The van der Waals surface area contributed by atoms with Gasteiger partial charge in [0, 0.05) is 18.8 Å². The van der Waals surface area contributed by atoms with Gasteiger partial charge < -0.3 is 10.2 Å². The molecule has 0 atom stereocenters. The third-order valence-corrected chi connectivity index (χ3v) is 2.99. The summed E-state index contributed by atoms with van der Waals surface area (Å²) in [4.78, 5) is 13.5. The summed E-state index contributed by atoms with van der Waals surface area (Å²) < 4.78 is 28.5. The first-order valence-corrected chi connectivity index (χ1v) is 7.05. The molecular formula is C16H18F2N4O. The molecule has 23 heavy (non-hydrogen) atoms. The summed E-state index contributed by atoms with van der Waals surface area (Å²) in [6.07, 6.45) is 4.63. The Kier molecular flexibility index (Phi) is 5.59. The van der Waals surface area contributed by atoms with Crippen LogP contribution in [-0.2, 0) is 11.3 Å². The normalized spacial score (nSPS) is 11.3. The number of para-hydroxylation sites is 1. The molecule has 0 fully saturated rings. The summed E-state index contributed by atoms with van der Waals surface area (Å²) in [7, 11) is 3.80. The van der Waals surface area contributed by atoms with E-state index in [9.17, 15) is 13.6 Å². The zero-order valence-corrected chi connectivity index (χ0v) is 13.0. The maximum Gasteiger partial charge on any atom is 0.244 e. The molecule has 7 heteroatoms. The summed E-state index contributed by atoms with van der Waals surface area (Å²) in [5, 5.41) is 6.73. The molecular weight excluding hydrogens is 302 g/mol. The second-order valence-corrected chi connectivity index (χ2v) is 5.20. The molecule has 0 aliphatic rings. The monoisotopic (exact) mass is 320 g/mol. The first-order chi connectivity index (χ1) is 11.0. The van der Waals surface area contributed by atoms with Crippen LogP contribution in [-0.4, -0.2) is 41.2 Å². The van der Waals surface area contributed by atoms with E-state index in [4.69, 9.17) is 0 Å². The molecule has 0 spiro atoms. The number of carbonyl (C=O) groups excluding carboxylic acids is 1. The van der Waals surface area contributed by atoms with Crippen molar-refractivity contribution in [2.45, 2.75) is 6.54 Å². The van der Waals surface area contributed by atoms with Gasteiger partial charge in [-0.25, -0.2) is 13.5 Å². The van der Waals surface area contributed by atoms with Gasteiger partial charge in [0.05, 0.1) is 12.2 Å². The third-order valence-electron chi connectivity index (χ3n) is 2.99. The van der Waals surface area contributed by atoms with Crippen LogP contribution in [0.25, 0.3) is 5.69 Å². The summed E-state index contributed by atoms with van der Waals surface area (Å²) in [6, 6.07) is 5.21. The predicted molar refractivity (Wildman–Crippen MR) is 83.0 cm³/mol. The van der Waals surface area contributed by atoms with E-state index in [1.54, 1.807) is 12.1 Å². The lowest BCUT2D eigenvalue weighted by atomic mass is 10.3. The Morgan fingerprint density at radius 3 is 2.65 bits per heavy atom. The molecule has 5 nitrogen and oxygen atoms in total. The predicted octanol–water partition coefficient (Wildman–Crippen LogP) is 1.88. The van der Waals surface area contributed by atoms with Crippen molar-refractivity contribution < 1.29 is 13.6 Å². The number of nitrogens with one attached hydrogen (secondary N) is 1. The Labute approximate surface area is 133 Å². The van der Waals surface area contributed by atoms with Gasteiger partial charge in [-0.3, -0.25) is 4.79 Å². The number of aromatic nitrogens is 2. The molecule has 1 aromatic heterocycles. The average Bonchev–Trinajstić information content (AvgIpc) is 2.93. The van der Waals surface area contributed by atoms with Gasteiger partial charge in [-0.2, -0.15) is 5.10 Å². The molecule has 122 valence electrons. The van der Waals surface area contributed by atoms with Gasteiger partial charge in [0.25, 0.3) is 0 Å². The van der Waals surface area contributed by atoms with Crippen LogP contribution in [0.1, 0.15) is 5.69 Å². The van der Waals surface area contributed by atoms with Crippen molar-refractivity contribution in [3.8, 4) is 5.69 Å².